The molecule has 5 nitrogen and oxygen atoms in total. The van der Waals surface area contributed by atoms with Crippen molar-refractivity contribution in [3.8, 4) is 0 Å². The summed E-state index contributed by atoms with van der Waals surface area (Å²) in [6, 6.07) is 15.0. The summed E-state index contributed by atoms with van der Waals surface area (Å²) in [6.45, 7) is 2.83. The highest BCUT2D eigenvalue weighted by molar-refractivity contribution is 6.33. The van der Waals surface area contributed by atoms with Gasteiger partial charge in [-0.2, -0.15) is 13.2 Å². The first-order chi connectivity index (χ1) is 16.3. The van der Waals surface area contributed by atoms with E-state index in [1.165, 1.54) is 5.01 Å². The van der Waals surface area contributed by atoms with E-state index in [9.17, 15) is 18.0 Å². The Morgan fingerprint density at radius 3 is 2.38 bits per heavy atom. The zero-order chi connectivity index (χ0) is 24.3. The summed E-state index contributed by atoms with van der Waals surface area (Å²) in [5, 5.41) is 1.64. The molecule has 2 aromatic carbocycles. The molecule has 0 aliphatic carbocycles. The molecule has 1 N–H and O–H groups in total. The number of nitrogens with zero attached hydrogens (tertiary/aromatic N) is 3. The van der Waals surface area contributed by atoms with E-state index >= 15 is 0 Å². The molecule has 0 saturated carbocycles. The largest absolute Gasteiger partial charge is 0.409 e. The summed E-state index contributed by atoms with van der Waals surface area (Å²) in [5.74, 6) is -0.166. The number of hydrogen-bond donors (Lipinski definition) is 1. The molecule has 34 heavy (non-hydrogen) atoms. The number of amides is 1. The number of hydrogen-bond acceptors (Lipinski definition) is 4. The topological polar surface area (TPSA) is 48.5 Å². The molecular formula is C25H22ClF3N4O. The van der Waals surface area contributed by atoms with Gasteiger partial charge in [0.25, 0.3) is 5.91 Å². The van der Waals surface area contributed by atoms with Crippen molar-refractivity contribution in [1.29, 1.82) is 0 Å². The molecule has 1 aliphatic rings. The molecule has 2 heterocycles. The number of benzene rings is 2. The summed E-state index contributed by atoms with van der Waals surface area (Å²) in [5.41, 5.74) is 5.11. The van der Waals surface area contributed by atoms with Gasteiger partial charge in [-0.3, -0.25) is 14.8 Å². The van der Waals surface area contributed by atoms with E-state index in [4.69, 9.17) is 11.6 Å². The molecule has 0 radical (unpaired) electrons. The van der Waals surface area contributed by atoms with Gasteiger partial charge in [-0.1, -0.05) is 35.9 Å². The van der Waals surface area contributed by atoms with E-state index in [-0.39, 0.29) is 5.91 Å². The first-order valence-electron chi connectivity index (χ1n) is 10.7. The molecule has 1 aliphatic heterocycles. The number of carbonyl (C=O) groups excluding carboxylic acids is 1. The predicted octanol–water partition coefficient (Wildman–Crippen LogP) is 5.69. The van der Waals surface area contributed by atoms with Crippen molar-refractivity contribution in [3.05, 3.63) is 101 Å². The van der Waals surface area contributed by atoms with Crippen LogP contribution in [0.1, 0.15) is 28.4 Å². The number of hydrazine groups is 1. The van der Waals surface area contributed by atoms with E-state index in [1.807, 2.05) is 19.1 Å². The molecule has 1 aromatic heterocycles. The van der Waals surface area contributed by atoms with Gasteiger partial charge >= 0.3 is 6.18 Å². The van der Waals surface area contributed by atoms with Gasteiger partial charge in [0.15, 0.2) is 0 Å². The Balaban J connectivity index is 1.60. The second kappa shape index (κ2) is 9.87. The monoisotopic (exact) mass is 486 g/mol. The third kappa shape index (κ3) is 5.08. The fraction of sp³-hybridized carbons (Fsp3) is 0.200. The number of para-hydroxylation sites is 1. The van der Waals surface area contributed by atoms with Crippen molar-refractivity contribution < 1.29 is 18.0 Å². The maximum atomic E-state index is 13.5. The molecule has 0 fully saturated rings. The molecule has 1 unspecified atom stereocenters. The minimum Gasteiger partial charge on any atom is -0.335 e. The van der Waals surface area contributed by atoms with Crippen LogP contribution in [0.2, 0.25) is 5.02 Å². The summed E-state index contributed by atoms with van der Waals surface area (Å²) < 4.78 is 40.5. The lowest BCUT2D eigenvalue weighted by molar-refractivity contribution is -0.142. The maximum absolute atomic E-state index is 13.5. The van der Waals surface area contributed by atoms with Gasteiger partial charge in [0.05, 0.1) is 16.4 Å². The lowest BCUT2D eigenvalue weighted by Crippen LogP contribution is -2.44. The van der Waals surface area contributed by atoms with Crippen LogP contribution in [-0.2, 0) is 6.54 Å². The molecule has 1 amide bonds. The third-order valence-corrected chi connectivity index (χ3v) is 5.82. The van der Waals surface area contributed by atoms with Crippen LogP contribution < -0.4 is 10.4 Å². The summed E-state index contributed by atoms with van der Waals surface area (Å²) >= 11 is 6.26. The molecule has 1 atom stereocenters. The normalized spacial score (nSPS) is 15.9. The molecule has 9 heteroatoms. The molecule has 0 bridgehead atoms. The number of halogens is 4. The first kappa shape index (κ1) is 23.8. The van der Waals surface area contributed by atoms with Crippen molar-refractivity contribution in [2.75, 3.05) is 11.6 Å². The fourth-order valence-electron chi connectivity index (χ4n) is 3.71. The van der Waals surface area contributed by atoms with Crippen LogP contribution in [0.15, 0.2) is 79.1 Å². The summed E-state index contributed by atoms with van der Waals surface area (Å²) in [6.07, 6.45) is -0.0246. The first-order valence-corrected chi connectivity index (χ1v) is 11.0. The summed E-state index contributed by atoms with van der Waals surface area (Å²) in [4.78, 5) is 18.7. The van der Waals surface area contributed by atoms with Crippen molar-refractivity contribution in [2.45, 2.75) is 25.7 Å². The van der Waals surface area contributed by atoms with Gasteiger partial charge < -0.3 is 4.90 Å². The Labute approximate surface area is 200 Å². The van der Waals surface area contributed by atoms with Crippen molar-refractivity contribution in [3.63, 3.8) is 0 Å². The van der Waals surface area contributed by atoms with Gasteiger partial charge in [0.1, 0.15) is 6.04 Å². The number of pyridine rings is 1. The molecule has 176 valence electrons. The van der Waals surface area contributed by atoms with Gasteiger partial charge in [0, 0.05) is 31.0 Å². The molecule has 4 rings (SSSR count). The average molecular weight is 487 g/mol. The number of nitrogens with one attached hydrogen (secondary N) is 1. The van der Waals surface area contributed by atoms with Gasteiger partial charge in [-0.15, -0.1) is 0 Å². The van der Waals surface area contributed by atoms with E-state index in [1.54, 1.807) is 65.8 Å². The van der Waals surface area contributed by atoms with Crippen LogP contribution in [-0.4, -0.2) is 34.6 Å². The zero-order valence-corrected chi connectivity index (χ0v) is 19.0. The number of carbonyl (C=O) groups is 1. The minimum absolute atomic E-state index is 0.166. The highest BCUT2D eigenvalue weighted by atomic mass is 35.5. The number of anilines is 1. The van der Waals surface area contributed by atoms with Crippen molar-refractivity contribution in [1.82, 2.24) is 15.3 Å². The zero-order valence-electron chi connectivity index (χ0n) is 18.3. The SMILES string of the molecule is CCN(Cc1ccncc1)C(=O)c1ccc(C2=CC(C(F)(F)F)NN2c2ccccc2Cl)cc1. The highest BCUT2D eigenvalue weighted by Gasteiger charge is 2.44. The fourth-order valence-corrected chi connectivity index (χ4v) is 3.93. The van der Waals surface area contributed by atoms with Crippen molar-refractivity contribution >= 4 is 28.9 Å². The Kier molecular flexibility index (Phi) is 6.90. The third-order valence-electron chi connectivity index (χ3n) is 5.50. The van der Waals surface area contributed by atoms with Crippen LogP contribution in [0, 0.1) is 0 Å². The number of aromatic nitrogens is 1. The van der Waals surface area contributed by atoms with E-state index in [0.717, 1.165) is 11.6 Å². The van der Waals surface area contributed by atoms with Crippen LogP contribution >= 0.6 is 11.6 Å². The van der Waals surface area contributed by atoms with Crippen LogP contribution in [0.4, 0.5) is 18.9 Å². The van der Waals surface area contributed by atoms with E-state index < -0.39 is 12.2 Å². The van der Waals surface area contributed by atoms with Crippen molar-refractivity contribution in [2.24, 2.45) is 0 Å². The van der Waals surface area contributed by atoms with Crippen LogP contribution in [0.5, 0.6) is 0 Å². The lowest BCUT2D eigenvalue weighted by Gasteiger charge is -2.26. The Morgan fingerprint density at radius 2 is 1.76 bits per heavy atom. The second-order valence-electron chi connectivity index (χ2n) is 7.74. The van der Waals surface area contributed by atoms with Gasteiger partial charge in [-0.25, -0.2) is 5.43 Å². The van der Waals surface area contributed by atoms with Crippen LogP contribution in [0.25, 0.3) is 5.70 Å². The number of alkyl halides is 3. The Hall–Kier alpha value is -3.36. The quantitative estimate of drug-likeness (QED) is 0.486. The Bertz CT molecular complexity index is 1180. The molecule has 3 aromatic rings. The summed E-state index contributed by atoms with van der Waals surface area (Å²) in [7, 11) is 0. The average Bonchev–Trinajstić information content (AvgIpc) is 3.29. The number of rotatable bonds is 6. The van der Waals surface area contributed by atoms with Gasteiger partial charge in [-0.05, 0) is 60.5 Å². The smallest absolute Gasteiger partial charge is 0.335 e. The highest BCUT2D eigenvalue weighted by Crippen LogP contribution is 2.37. The van der Waals surface area contributed by atoms with Crippen LogP contribution in [0.3, 0.4) is 0 Å². The second-order valence-corrected chi connectivity index (χ2v) is 8.15. The Morgan fingerprint density at radius 1 is 1.09 bits per heavy atom. The predicted molar refractivity (Wildman–Crippen MR) is 126 cm³/mol. The molecular weight excluding hydrogens is 465 g/mol. The molecule has 0 spiro atoms. The van der Waals surface area contributed by atoms with Gasteiger partial charge in [0.2, 0.25) is 0 Å². The lowest BCUT2D eigenvalue weighted by atomic mass is 10.1. The minimum atomic E-state index is -4.48. The van der Waals surface area contributed by atoms with E-state index in [0.29, 0.717) is 40.6 Å². The standard InChI is InChI=1S/C25H22ClF3N4O/c1-2-32(16-17-11-13-30-14-12-17)24(34)19-9-7-18(8-10-19)22-15-23(25(27,28)29)31-33(22)21-6-4-3-5-20(21)26/h3-15,23,31H,2,16H2,1H3. The van der Waals surface area contributed by atoms with E-state index in [2.05, 4.69) is 10.4 Å². The maximum Gasteiger partial charge on any atom is 0.409 e. The molecule has 0 saturated heterocycles.